The van der Waals surface area contributed by atoms with E-state index in [-0.39, 0.29) is 0 Å². The summed E-state index contributed by atoms with van der Waals surface area (Å²) < 4.78 is 21.7. The first kappa shape index (κ1) is 14.1. The maximum atomic E-state index is 12.0. The number of rotatable bonds is 5. The fourth-order valence-electron chi connectivity index (χ4n) is 1.43. The second kappa shape index (κ2) is 6.12. The number of aliphatic hydroxyl groups is 1. The van der Waals surface area contributed by atoms with Crippen LogP contribution in [0.3, 0.4) is 0 Å². The molecule has 94 valence electrons. The van der Waals surface area contributed by atoms with Gasteiger partial charge in [-0.15, -0.1) is 0 Å². The second-order valence-corrected chi connectivity index (χ2v) is 5.96. The summed E-state index contributed by atoms with van der Waals surface area (Å²) in [6.07, 6.45) is 0.651. The molecule has 0 heterocycles. The van der Waals surface area contributed by atoms with Crippen LogP contribution in [0.25, 0.3) is 0 Å². The van der Waals surface area contributed by atoms with Crippen molar-refractivity contribution in [2.75, 3.05) is 14.2 Å². The molecule has 1 aromatic rings. The van der Waals surface area contributed by atoms with E-state index in [0.717, 1.165) is 5.56 Å². The van der Waals surface area contributed by atoms with E-state index in [2.05, 4.69) is 0 Å². The third-order valence-corrected chi connectivity index (χ3v) is 4.43. The van der Waals surface area contributed by atoms with Crippen molar-refractivity contribution < 1.29 is 18.7 Å². The smallest absolute Gasteiger partial charge is 0.356 e. The standard InChI is InChI=1S/C12H17O4P/c1-10(17(14,15-2)16-3)9-12(13)11-7-5-4-6-8-11/h4-9,12-13H,1-3H3/b10-9+. The van der Waals surface area contributed by atoms with Crippen LogP contribution >= 0.6 is 7.60 Å². The highest BCUT2D eigenvalue weighted by Gasteiger charge is 2.24. The van der Waals surface area contributed by atoms with Crippen molar-refractivity contribution in [1.29, 1.82) is 0 Å². The van der Waals surface area contributed by atoms with Crippen molar-refractivity contribution >= 4 is 7.60 Å². The minimum Gasteiger partial charge on any atom is -0.384 e. The molecule has 1 unspecified atom stereocenters. The highest BCUT2D eigenvalue weighted by molar-refractivity contribution is 7.58. The van der Waals surface area contributed by atoms with Gasteiger partial charge in [0.2, 0.25) is 0 Å². The molecule has 1 rings (SSSR count). The fraction of sp³-hybridized carbons (Fsp3) is 0.333. The number of aliphatic hydroxyl groups excluding tert-OH is 1. The Morgan fingerprint density at radius 1 is 1.29 bits per heavy atom. The Labute approximate surface area is 101 Å². The zero-order valence-electron chi connectivity index (χ0n) is 10.2. The molecule has 1 atom stereocenters. The van der Waals surface area contributed by atoms with Crippen molar-refractivity contribution in [2.45, 2.75) is 13.0 Å². The Kier molecular flexibility index (Phi) is 5.09. The largest absolute Gasteiger partial charge is 0.384 e. The summed E-state index contributed by atoms with van der Waals surface area (Å²) >= 11 is 0. The van der Waals surface area contributed by atoms with E-state index in [1.165, 1.54) is 20.3 Å². The van der Waals surface area contributed by atoms with Gasteiger partial charge >= 0.3 is 7.60 Å². The van der Waals surface area contributed by atoms with Gasteiger partial charge in [0.1, 0.15) is 0 Å². The first-order valence-corrected chi connectivity index (χ1v) is 6.71. The maximum absolute atomic E-state index is 12.0. The van der Waals surface area contributed by atoms with E-state index in [1.807, 2.05) is 18.2 Å². The molecule has 0 bridgehead atoms. The van der Waals surface area contributed by atoms with Gasteiger partial charge in [-0.05, 0) is 18.6 Å². The summed E-state index contributed by atoms with van der Waals surface area (Å²) in [6.45, 7) is 1.61. The minimum atomic E-state index is -3.25. The Hall–Kier alpha value is -0.930. The number of benzene rings is 1. The maximum Gasteiger partial charge on any atom is 0.356 e. The summed E-state index contributed by atoms with van der Waals surface area (Å²) in [5.74, 6) is 0. The third kappa shape index (κ3) is 3.51. The van der Waals surface area contributed by atoms with E-state index >= 15 is 0 Å². The van der Waals surface area contributed by atoms with Crippen LogP contribution in [0.5, 0.6) is 0 Å². The number of allylic oxidation sites excluding steroid dienone is 1. The summed E-state index contributed by atoms with van der Waals surface area (Å²) in [5.41, 5.74) is 0.727. The van der Waals surface area contributed by atoms with Crippen LogP contribution in [-0.2, 0) is 13.6 Å². The van der Waals surface area contributed by atoms with Gasteiger partial charge in [0.05, 0.1) is 6.10 Å². The van der Waals surface area contributed by atoms with Crippen LogP contribution in [0.1, 0.15) is 18.6 Å². The van der Waals surface area contributed by atoms with Crippen molar-refractivity contribution in [3.05, 3.63) is 47.3 Å². The Bertz CT molecular complexity index is 419. The van der Waals surface area contributed by atoms with Crippen LogP contribution in [0, 0.1) is 0 Å². The number of hydrogen-bond acceptors (Lipinski definition) is 4. The van der Waals surface area contributed by atoms with Crippen LogP contribution in [0.2, 0.25) is 0 Å². The summed E-state index contributed by atoms with van der Waals surface area (Å²) in [5, 5.41) is 10.3. The van der Waals surface area contributed by atoms with E-state index in [9.17, 15) is 9.67 Å². The summed E-state index contributed by atoms with van der Waals surface area (Å²) in [7, 11) is -0.613. The first-order valence-electron chi connectivity index (χ1n) is 5.17. The quantitative estimate of drug-likeness (QED) is 0.822. The highest BCUT2D eigenvalue weighted by Crippen LogP contribution is 2.54. The monoisotopic (exact) mass is 256 g/mol. The lowest BCUT2D eigenvalue weighted by molar-refractivity contribution is 0.226. The zero-order valence-corrected chi connectivity index (χ0v) is 11.1. The molecule has 0 aliphatic heterocycles. The topological polar surface area (TPSA) is 55.8 Å². The van der Waals surface area contributed by atoms with Crippen molar-refractivity contribution in [3.63, 3.8) is 0 Å². The molecule has 0 aromatic heterocycles. The van der Waals surface area contributed by atoms with Gasteiger partial charge in [-0.1, -0.05) is 30.3 Å². The normalized spacial score (nSPS) is 14.7. The molecule has 5 heteroatoms. The van der Waals surface area contributed by atoms with Crippen molar-refractivity contribution in [1.82, 2.24) is 0 Å². The van der Waals surface area contributed by atoms with Gasteiger partial charge in [-0.2, -0.15) is 0 Å². The molecule has 4 nitrogen and oxygen atoms in total. The molecule has 0 aliphatic rings. The van der Waals surface area contributed by atoms with Gasteiger partial charge in [0.15, 0.2) is 0 Å². The molecule has 0 spiro atoms. The average Bonchev–Trinajstić information content (AvgIpc) is 2.38. The lowest BCUT2D eigenvalue weighted by Gasteiger charge is -2.15. The lowest BCUT2D eigenvalue weighted by atomic mass is 10.1. The van der Waals surface area contributed by atoms with E-state index in [0.29, 0.717) is 5.31 Å². The predicted octanol–water partition coefficient (Wildman–Crippen LogP) is 3.11. The third-order valence-electron chi connectivity index (χ3n) is 2.45. The molecular weight excluding hydrogens is 239 g/mol. The van der Waals surface area contributed by atoms with E-state index < -0.39 is 13.7 Å². The van der Waals surface area contributed by atoms with Crippen molar-refractivity contribution in [2.24, 2.45) is 0 Å². The Morgan fingerprint density at radius 3 is 2.29 bits per heavy atom. The van der Waals surface area contributed by atoms with Gasteiger partial charge in [-0.25, -0.2) is 0 Å². The molecular formula is C12H17O4P. The SMILES string of the molecule is COP(=O)(OC)/C(C)=C/C(O)c1ccccc1. The molecule has 0 saturated heterocycles. The Balaban J connectivity index is 2.93. The fourth-order valence-corrected chi connectivity index (χ4v) is 2.48. The van der Waals surface area contributed by atoms with Gasteiger partial charge in [-0.3, -0.25) is 4.57 Å². The van der Waals surface area contributed by atoms with Crippen LogP contribution in [0.15, 0.2) is 41.7 Å². The molecule has 17 heavy (non-hydrogen) atoms. The van der Waals surface area contributed by atoms with Crippen LogP contribution in [0.4, 0.5) is 0 Å². The molecule has 0 fully saturated rings. The van der Waals surface area contributed by atoms with Crippen molar-refractivity contribution in [3.8, 4) is 0 Å². The average molecular weight is 256 g/mol. The first-order chi connectivity index (χ1) is 8.03. The second-order valence-electron chi connectivity index (χ2n) is 3.53. The van der Waals surface area contributed by atoms with Gasteiger partial charge in [0, 0.05) is 19.5 Å². The molecule has 1 aromatic carbocycles. The molecule has 1 N–H and O–H groups in total. The number of hydrogen-bond donors (Lipinski definition) is 1. The lowest BCUT2D eigenvalue weighted by Crippen LogP contribution is -1.96. The molecule has 0 saturated carbocycles. The molecule has 0 radical (unpaired) electrons. The minimum absolute atomic E-state index is 0.388. The van der Waals surface area contributed by atoms with Crippen LogP contribution in [-0.4, -0.2) is 19.3 Å². The summed E-state index contributed by atoms with van der Waals surface area (Å²) in [4.78, 5) is 0. The predicted molar refractivity (Wildman–Crippen MR) is 66.8 cm³/mol. The van der Waals surface area contributed by atoms with E-state index in [4.69, 9.17) is 9.05 Å². The highest BCUT2D eigenvalue weighted by atomic mass is 31.2. The van der Waals surface area contributed by atoms with E-state index in [1.54, 1.807) is 19.1 Å². The van der Waals surface area contributed by atoms with Crippen LogP contribution < -0.4 is 0 Å². The molecule has 0 aliphatic carbocycles. The Morgan fingerprint density at radius 2 is 1.82 bits per heavy atom. The zero-order chi connectivity index (χ0) is 12.9. The summed E-state index contributed by atoms with van der Waals surface area (Å²) in [6, 6.07) is 9.10. The van der Waals surface area contributed by atoms with Gasteiger partial charge in [0.25, 0.3) is 0 Å². The van der Waals surface area contributed by atoms with Gasteiger partial charge < -0.3 is 14.2 Å². The molecule has 0 amide bonds.